The second-order valence-electron chi connectivity index (χ2n) is 6.56. The third-order valence-electron chi connectivity index (χ3n) is 4.73. The molecular weight excluding hydrogens is 336 g/mol. The van der Waals surface area contributed by atoms with Crippen LogP contribution in [0.5, 0.6) is 0 Å². The lowest BCUT2D eigenvalue weighted by molar-refractivity contribution is -0.152. The smallest absolute Gasteiger partial charge is 0.310 e. The molecule has 2 aromatic heterocycles. The van der Waals surface area contributed by atoms with Crippen molar-refractivity contribution in [3.63, 3.8) is 0 Å². The number of carbonyl (C=O) groups is 1. The fourth-order valence-electron chi connectivity index (χ4n) is 3.49. The highest BCUT2D eigenvalue weighted by Crippen LogP contribution is 2.41. The Morgan fingerprint density at radius 3 is 2.96 bits per heavy atom. The van der Waals surface area contributed by atoms with Crippen molar-refractivity contribution < 1.29 is 14.1 Å². The molecule has 0 radical (unpaired) electrons. The van der Waals surface area contributed by atoms with E-state index in [1.807, 2.05) is 25.1 Å². The lowest BCUT2D eigenvalue weighted by atomic mass is 9.79. The maximum absolute atomic E-state index is 12.7. The molecule has 0 aliphatic heterocycles. The molecule has 4 rings (SSSR count). The molecule has 0 N–H and O–H groups in total. The number of hydrogen-bond acceptors (Lipinski definition) is 6. The second kappa shape index (κ2) is 6.96. The molecule has 3 aromatic rings. The van der Waals surface area contributed by atoms with E-state index in [9.17, 15) is 4.79 Å². The molecule has 2 atom stereocenters. The van der Waals surface area contributed by atoms with Gasteiger partial charge in [0.1, 0.15) is 0 Å². The van der Waals surface area contributed by atoms with Gasteiger partial charge in [0.05, 0.1) is 26.8 Å². The van der Waals surface area contributed by atoms with Crippen molar-refractivity contribution in [3.05, 3.63) is 46.8 Å². The first-order chi connectivity index (χ1) is 12.2. The van der Waals surface area contributed by atoms with Gasteiger partial charge in [0, 0.05) is 12.0 Å². The summed E-state index contributed by atoms with van der Waals surface area (Å²) in [6, 6.07) is 9.92. The third-order valence-corrected chi connectivity index (χ3v) is 5.90. The molecule has 0 bridgehead atoms. The maximum Gasteiger partial charge on any atom is 0.310 e. The molecule has 130 valence electrons. The van der Waals surface area contributed by atoms with Crippen molar-refractivity contribution >= 4 is 27.5 Å². The van der Waals surface area contributed by atoms with Gasteiger partial charge in [-0.15, -0.1) is 11.3 Å². The van der Waals surface area contributed by atoms with Gasteiger partial charge in [0.2, 0.25) is 0 Å². The summed E-state index contributed by atoms with van der Waals surface area (Å²) in [6.07, 6.45) is 4.03. The average Bonchev–Trinajstić information content (AvgIpc) is 3.25. The van der Waals surface area contributed by atoms with E-state index >= 15 is 0 Å². The van der Waals surface area contributed by atoms with Crippen LogP contribution in [-0.2, 0) is 16.1 Å². The highest BCUT2D eigenvalue weighted by Gasteiger charge is 2.35. The van der Waals surface area contributed by atoms with Crippen molar-refractivity contribution in [1.82, 2.24) is 10.1 Å². The van der Waals surface area contributed by atoms with E-state index in [1.165, 1.54) is 4.70 Å². The Balaban J connectivity index is 1.50. The van der Waals surface area contributed by atoms with Crippen LogP contribution in [0.4, 0.5) is 0 Å². The number of esters is 1. The molecule has 0 spiro atoms. The highest BCUT2D eigenvalue weighted by molar-refractivity contribution is 7.18. The largest absolute Gasteiger partial charge is 0.457 e. The molecule has 5 nitrogen and oxygen atoms in total. The SMILES string of the molecule is Cc1cc(COC(=O)C2CCCCC2c2nc3ccccc3s2)on1. The van der Waals surface area contributed by atoms with Crippen molar-refractivity contribution in [2.45, 2.75) is 45.1 Å². The standard InChI is InChI=1S/C19H20N2O3S/c1-12-10-13(24-21-12)11-23-19(22)15-7-3-2-6-14(15)18-20-16-8-4-5-9-17(16)25-18/h4-5,8-10,14-15H,2-3,6-7,11H2,1H3. The number of ether oxygens (including phenoxy) is 1. The first-order valence-electron chi connectivity index (χ1n) is 8.65. The summed E-state index contributed by atoms with van der Waals surface area (Å²) in [5, 5.41) is 4.87. The lowest BCUT2D eigenvalue weighted by Gasteiger charge is -2.28. The van der Waals surface area contributed by atoms with Crippen LogP contribution in [0, 0.1) is 12.8 Å². The number of carbonyl (C=O) groups excluding carboxylic acids is 1. The van der Waals surface area contributed by atoms with Gasteiger partial charge in [-0.2, -0.15) is 0 Å². The van der Waals surface area contributed by atoms with Gasteiger partial charge in [-0.05, 0) is 31.9 Å². The number of para-hydroxylation sites is 1. The first kappa shape index (κ1) is 16.3. The molecule has 0 saturated heterocycles. The van der Waals surface area contributed by atoms with Gasteiger partial charge in [0.15, 0.2) is 12.4 Å². The molecule has 0 amide bonds. The molecular formula is C19H20N2O3S. The Hall–Kier alpha value is -2.21. The van der Waals surface area contributed by atoms with Crippen LogP contribution in [0.3, 0.4) is 0 Å². The predicted octanol–water partition coefficient (Wildman–Crippen LogP) is 4.61. The highest BCUT2D eigenvalue weighted by atomic mass is 32.1. The number of aryl methyl sites for hydroxylation is 1. The zero-order valence-corrected chi connectivity index (χ0v) is 14.9. The van der Waals surface area contributed by atoms with Crippen LogP contribution in [0.25, 0.3) is 10.2 Å². The quantitative estimate of drug-likeness (QED) is 0.639. The molecule has 2 unspecified atom stereocenters. The molecule has 1 aliphatic carbocycles. The van der Waals surface area contributed by atoms with Gasteiger partial charge >= 0.3 is 5.97 Å². The van der Waals surface area contributed by atoms with Gasteiger partial charge in [0.25, 0.3) is 0 Å². The Morgan fingerprint density at radius 2 is 2.16 bits per heavy atom. The average molecular weight is 356 g/mol. The Morgan fingerprint density at radius 1 is 1.32 bits per heavy atom. The maximum atomic E-state index is 12.7. The third kappa shape index (κ3) is 3.44. The molecule has 1 saturated carbocycles. The Labute approximate surface area is 150 Å². The summed E-state index contributed by atoms with van der Waals surface area (Å²) < 4.78 is 11.8. The van der Waals surface area contributed by atoms with Crippen LogP contribution in [0.15, 0.2) is 34.9 Å². The van der Waals surface area contributed by atoms with Crippen molar-refractivity contribution in [2.75, 3.05) is 0 Å². The zero-order chi connectivity index (χ0) is 17.2. The van der Waals surface area contributed by atoms with Crippen molar-refractivity contribution in [3.8, 4) is 0 Å². The fourth-order valence-corrected chi connectivity index (χ4v) is 4.66. The van der Waals surface area contributed by atoms with Gasteiger partial charge in [-0.3, -0.25) is 4.79 Å². The van der Waals surface area contributed by atoms with Gasteiger partial charge < -0.3 is 9.26 Å². The number of thiazole rings is 1. The van der Waals surface area contributed by atoms with E-state index in [0.717, 1.165) is 41.9 Å². The van der Waals surface area contributed by atoms with E-state index in [2.05, 4.69) is 11.2 Å². The molecule has 1 aromatic carbocycles. The monoisotopic (exact) mass is 356 g/mol. The summed E-state index contributed by atoms with van der Waals surface area (Å²) in [5.74, 6) is 0.449. The summed E-state index contributed by atoms with van der Waals surface area (Å²) >= 11 is 1.70. The number of fused-ring (bicyclic) bond motifs is 1. The number of rotatable bonds is 4. The number of benzene rings is 1. The Kier molecular flexibility index (Phi) is 4.53. The minimum atomic E-state index is -0.155. The van der Waals surface area contributed by atoms with Crippen molar-refractivity contribution in [2.24, 2.45) is 5.92 Å². The van der Waals surface area contributed by atoms with E-state index in [-0.39, 0.29) is 24.4 Å². The number of nitrogens with zero attached hydrogens (tertiary/aromatic N) is 2. The molecule has 6 heteroatoms. The second-order valence-corrected chi connectivity index (χ2v) is 7.62. The van der Waals surface area contributed by atoms with E-state index in [1.54, 1.807) is 17.4 Å². The molecule has 1 aliphatic rings. The van der Waals surface area contributed by atoms with Gasteiger partial charge in [-0.25, -0.2) is 4.98 Å². The summed E-state index contributed by atoms with van der Waals surface area (Å²) in [7, 11) is 0. The van der Waals surface area contributed by atoms with Crippen LogP contribution in [-0.4, -0.2) is 16.1 Å². The van der Waals surface area contributed by atoms with Crippen LogP contribution in [0.2, 0.25) is 0 Å². The molecule has 1 fully saturated rings. The minimum Gasteiger partial charge on any atom is -0.457 e. The lowest BCUT2D eigenvalue weighted by Crippen LogP contribution is -2.27. The minimum absolute atomic E-state index is 0.127. The topological polar surface area (TPSA) is 65.2 Å². The van der Waals surface area contributed by atoms with Crippen molar-refractivity contribution in [1.29, 1.82) is 0 Å². The van der Waals surface area contributed by atoms with Crippen LogP contribution in [0.1, 0.15) is 48.1 Å². The van der Waals surface area contributed by atoms with E-state index in [0.29, 0.717) is 5.76 Å². The normalized spacial score (nSPS) is 20.7. The first-order valence-corrected chi connectivity index (χ1v) is 9.46. The van der Waals surface area contributed by atoms with Crippen LogP contribution < -0.4 is 0 Å². The van der Waals surface area contributed by atoms with E-state index in [4.69, 9.17) is 14.2 Å². The summed E-state index contributed by atoms with van der Waals surface area (Å²) in [4.78, 5) is 17.4. The van der Waals surface area contributed by atoms with E-state index < -0.39 is 0 Å². The zero-order valence-electron chi connectivity index (χ0n) is 14.1. The Bertz CT molecular complexity index is 853. The molecule has 2 heterocycles. The molecule has 25 heavy (non-hydrogen) atoms. The number of aromatic nitrogens is 2. The fraction of sp³-hybridized carbons (Fsp3) is 0.421. The van der Waals surface area contributed by atoms with Crippen LogP contribution >= 0.6 is 11.3 Å². The summed E-state index contributed by atoms with van der Waals surface area (Å²) in [5.41, 5.74) is 1.80. The number of hydrogen-bond donors (Lipinski definition) is 0. The predicted molar refractivity (Wildman–Crippen MR) is 95.4 cm³/mol. The van der Waals surface area contributed by atoms with Gasteiger partial charge in [-0.1, -0.05) is 30.1 Å². The summed E-state index contributed by atoms with van der Waals surface area (Å²) in [6.45, 7) is 1.99.